The summed E-state index contributed by atoms with van der Waals surface area (Å²) < 4.78 is 31.1. The zero-order valence-corrected chi connectivity index (χ0v) is 18.9. The van der Waals surface area contributed by atoms with Gasteiger partial charge in [0.1, 0.15) is 11.6 Å². The quantitative estimate of drug-likeness (QED) is 0.471. The topological polar surface area (TPSA) is 99.0 Å². The Morgan fingerprint density at radius 1 is 1.15 bits per heavy atom. The molecule has 0 spiro atoms. The van der Waals surface area contributed by atoms with Crippen LogP contribution in [0.3, 0.4) is 0 Å². The van der Waals surface area contributed by atoms with Crippen LogP contribution in [0.4, 0.5) is 8.78 Å². The minimum atomic E-state index is -0.817. The van der Waals surface area contributed by atoms with Gasteiger partial charge in [0.05, 0.1) is 29.1 Å². The summed E-state index contributed by atoms with van der Waals surface area (Å²) in [5.41, 5.74) is 8.08. The van der Waals surface area contributed by atoms with Gasteiger partial charge in [0, 0.05) is 49.2 Å². The van der Waals surface area contributed by atoms with Crippen LogP contribution in [0, 0.1) is 11.6 Å². The molecular formula is C25H27F2N5O2. The molecule has 0 atom stereocenters. The van der Waals surface area contributed by atoms with E-state index < -0.39 is 17.5 Å². The molecule has 7 nitrogen and oxygen atoms in total. The molecule has 34 heavy (non-hydrogen) atoms. The number of fused-ring (bicyclic) bond motifs is 1. The van der Waals surface area contributed by atoms with Crippen LogP contribution in [0.1, 0.15) is 48.0 Å². The molecule has 1 saturated carbocycles. The highest BCUT2D eigenvalue weighted by molar-refractivity contribution is 6.06. The number of benzene rings is 1. The zero-order chi connectivity index (χ0) is 24.2. The summed E-state index contributed by atoms with van der Waals surface area (Å²) >= 11 is 0. The minimum Gasteiger partial charge on any atom is -0.393 e. The minimum absolute atomic E-state index is 0.0161. The Bertz CT molecular complexity index is 1290. The van der Waals surface area contributed by atoms with Crippen molar-refractivity contribution < 1.29 is 18.7 Å². The molecule has 4 aromatic rings. The van der Waals surface area contributed by atoms with E-state index in [1.54, 1.807) is 21.6 Å². The van der Waals surface area contributed by atoms with Gasteiger partial charge in [-0.3, -0.25) is 14.5 Å². The maximum Gasteiger partial charge on any atom is 0.250 e. The van der Waals surface area contributed by atoms with Gasteiger partial charge in [-0.25, -0.2) is 8.78 Å². The number of aryl methyl sites for hydroxylation is 1. The SMILES string of the molecule is Cn1cc(-c2ccc(Cn3cc(C(N)=O)c4c(F)cc(F)cc43)cn2)cn1.OC1CCCCC1. The van der Waals surface area contributed by atoms with Gasteiger partial charge in [0.15, 0.2) is 0 Å². The van der Waals surface area contributed by atoms with Gasteiger partial charge in [-0.2, -0.15) is 5.10 Å². The van der Waals surface area contributed by atoms with E-state index >= 15 is 0 Å². The fraction of sp³-hybridized carbons (Fsp3) is 0.320. The Morgan fingerprint density at radius 2 is 1.91 bits per heavy atom. The molecule has 3 N–H and O–H groups in total. The number of halogens is 2. The molecule has 0 unspecified atom stereocenters. The summed E-state index contributed by atoms with van der Waals surface area (Å²) in [5.74, 6) is -2.31. The molecule has 1 aromatic carbocycles. The monoisotopic (exact) mass is 467 g/mol. The van der Waals surface area contributed by atoms with Crippen molar-refractivity contribution in [1.82, 2.24) is 19.3 Å². The lowest BCUT2D eigenvalue weighted by Gasteiger charge is -2.14. The standard InChI is InChI=1S/C19H15F2N5O.C6H12O/c1-25-9-12(7-24-25)16-3-2-11(6-23-16)8-26-10-14(19(22)27)18-15(21)4-13(20)5-17(18)26;7-6-4-2-1-3-5-6/h2-7,9-10H,8H2,1H3,(H2,22,27);6-7H,1-5H2. The maximum atomic E-state index is 14.2. The van der Waals surface area contributed by atoms with Gasteiger partial charge in [-0.15, -0.1) is 0 Å². The lowest BCUT2D eigenvalue weighted by molar-refractivity contribution is 0.100. The lowest BCUT2D eigenvalue weighted by Crippen LogP contribution is -2.10. The van der Waals surface area contributed by atoms with Crippen molar-refractivity contribution in [3.05, 3.63) is 71.8 Å². The summed E-state index contributed by atoms with van der Waals surface area (Å²) in [6, 6.07) is 5.63. The Morgan fingerprint density at radius 3 is 2.47 bits per heavy atom. The third-order valence-electron chi connectivity index (χ3n) is 5.92. The number of carbonyl (C=O) groups excluding carboxylic acids is 1. The molecule has 0 radical (unpaired) electrons. The van der Waals surface area contributed by atoms with Gasteiger partial charge in [-0.05, 0) is 30.5 Å². The average molecular weight is 468 g/mol. The number of nitrogens with two attached hydrogens (primary N) is 1. The Kier molecular flexibility index (Phi) is 7.02. The summed E-state index contributed by atoms with van der Waals surface area (Å²) in [6.45, 7) is 0.285. The van der Waals surface area contributed by atoms with Crippen molar-refractivity contribution in [2.75, 3.05) is 0 Å². The second-order valence-electron chi connectivity index (χ2n) is 8.56. The summed E-state index contributed by atoms with van der Waals surface area (Å²) in [5, 5.41) is 13.0. The number of hydrogen-bond acceptors (Lipinski definition) is 4. The smallest absolute Gasteiger partial charge is 0.250 e. The van der Waals surface area contributed by atoms with E-state index in [0.29, 0.717) is 0 Å². The molecule has 0 bridgehead atoms. The summed E-state index contributed by atoms with van der Waals surface area (Å²) in [4.78, 5) is 16.1. The van der Waals surface area contributed by atoms with Crippen LogP contribution in [0.2, 0.25) is 0 Å². The number of aromatic nitrogens is 4. The molecule has 3 aromatic heterocycles. The molecule has 1 amide bonds. The zero-order valence-electron chi connectivity index (χ0n) is 18.9. The van der Waals surface area contributed by atoms with E-state index in [0.717, 1.165) is 35.7 Å². The third kappa shape index (κ3) is 5.31. The van der Waals surface area contributed by atoms with Crippen molar-refractivity contribution >= 4 is 16.8 Å². The number of rotatable bonds is 4. The highest BCUT2D eigenvalue weighted by Crippen LogP contribution is 2.26. The van der Waals surface area contributed by atoms with E-state index in [4.69, 9.17) is 10.8 Å². The molecule has 5 rings (SSSR count). The van der Waals surface area contributed by atoms with E-state index in [9.17, 15) is 13.6 Å². The van der Waals surface area contributed by atoms with E-state index in [1.807, 2.05) is 25.4 Å². The van der Waals surface area contributed by atoms with Gasteiger partial charge in [-0.1, -0.05) is 25.3 Å². The third-order valence-corrected chi connectivity index (χ3v) is 5.92. The molecule has 1 fully saturated rings. The number of carbonyl (C=O) groups is 1. The van der Waals surface area contributed by atoms with E-state index in [2.05, 4.69) is 10.1 Å². The summed E-state index contributed by atoms with van der Waals surface area (Å²) in [6.07, 6.45) is 12.6. The van der Waals surface area contributed by atoms with Crippen molar-refractivity contribution in [3.8, 4) is 11.3 Å². The van der Waals surface area contributed by atoms with E-state index in [-0.39, 0.29) is 29.1 Å². The number of aliphatic hydroxyl groups excluding tert-OH is 1. The van der Waals surface area contributed by atoms with Gasteiger partial charge < -0.3 is 15.4 Å². The first kappa shape index (κ1) is 23.6. The number of nitrogens with zero attached hydrogens (tertiary/aromatic N) is 4. The number of pyridine rings is 1. The lowest BCUT2D eigenvalue weighted by atomic mass is 9.98. The first-order chi connectivity index (χ1) is 16.3. The molecule has 3 heterocycles. The van der Waals surface area contributed by atoms with Crippen molar-refractivity contribution in [1.29, 1.82) is 0 Å². The normalized spacial score (nSPS) is 14.1. The van der Waals surface area contributed by atoms with Crippen LogP contribution >= 0.6 is 0 Å². The van der Waals surface area contributed by atoms with Crippen molar-refractivity contribution in [3.63, 3.8) is 0 Å². The van der Waals surface area contributed by atoms with Crippen LogP contribution in [0.5, 0.6) is 0 Å². The second-order valence-corrected chi connectivity index (χ2v) is 8.56. The van der Waals surface area contributed by atoms with Crippen molar-refractivity contribution in [2.24, 2.45) is 12.8 Å². The Labute approximate surface area is 195 Å². The molecule has 0 aliphatic heterocycles. The highest BCUT2D eigenvalue weighted by Gasteiger charge is 2.18. The fourth-order valence-electron chi connectivity index (χ4n) is 4.18. The van der Waals surface area contributed by atoms with Crippen LogP contribution < -0.4 is 5.73 Å². The molecule has 1 aliphatic carbocycles. The number of hydrogen-bond donors (Lipinski definition) is 2. The number of primary amides is 1. The highest BCUT2D eigenvalue weighted by atomic mass is 19.1. The van der Waals surface area contributed by atoms with Gasteiger partial charge >= 0.3 is 0 Å². The van der Waals surface area contributed by atoms with Gasteiger partial charge in [0.25, 0.3) is 5.91 Å². The Balaban J connectivity index is 0.000000336. The molecule has 178 valence electrons. The Hall–Kier alpha value is -3.59. The molecule has 0 saturated heterocycles. The number of aliphatic hydroxyl groups is 1. The van der Waals surface area contributed by atoms with E-state index in [1.165, 1.54) is 31.5 Å². The van der Waals surface area contributed by atoms with Crippen LogP contribution in [0.25, 0.3) is 22.2 Å². The fourth-order valence-corrected chi connectivity index (χ4v) is 4.18. The first-order valence-corrected chi connectivity index (χ1v) is 11.2. The van der Waals surface area contributed by atoms with Crippen LogP contribution in [0.15, 0.2) is 49.1 Å². The molecular weight excluding hydrogens is 440 g/mol. The molecule has 1 aliphatic rings. The van der Waals surface area contributed by atoms with Crippen LogP contribution in [-0.2, 0) is 13.6 Å². The number of amides is 1. The summed E-state index contributed by atoms with van der Waals surface area (Å²) in [7, 11) is 1.82. The van der Waals surface area contributed by atoms with Gasteiger partial charge in [0.2, 0.25) is 0 Å². The molecule has 9 heteroatoms. The van der Waals surface area contributed by atoms with Crippen LogP contribution in [-0.4, -0.2) is 36.4 Å². The predicted molar refractivity (Wildman–Crippen MR) is 125 cm³/mol. The predicted octanol–water partition coefficient (Wildman–Crippen LogP) is 4.17. The second kappa shape index (κ2) is 10.1. The average Bonchev–Trinajstić information content (AvgIpc) is 3.39. The van der Waals surface area contributed by atoms with Crippen molar-refractivity contribution in [2.45, 2.75) is 44.8 Å². The first-order valence-electron chi connectivity index (χ1n) is 11.2. The largest absolute Gasteiger partial charge is 0.393 e. The maximum absolute atomic E-state index is 14.2.